The Balaban J connectivity index is 1.41. The number of nitrogens with zero attached hydrogens (tertiary/aromatic N) is 2. The van der Waals surface area contributed by atoms with Gasteiger partial charge in [0.1, 0.15) is 5.75 Å². The van der Waals surface area contributed by atoms with Crippen molar-refractivity contribution in [2.75, 3.05) is 6.61 Å². The lowest BCUT2D eigenvalue weighted by Crippen LogP contribution is -2.06. The van der Waals surface area contributed by atoms with Crippen molar-refractivity contribution in [2.45, 2.75) is 12.8 Å². The van der Waals surface area contributed by atoms with E-state index in [9.17, 15) is 9.90 Å². The summed E-state index contributed by atoms with van der Waals surface area (Å²) in [7, 11) is 1.92. The van der Waals surface area contributed by atoms with Gasteiger partial charge in [-0.2, -0.15) is 0 Å². The second kappa shape index (κ2) is 8.70. The van der Waals surface area contributed by atoms with E-state index in [1.165, 1.54) is 0 Å². The molecule has 2 N–H and O–H groups in total. The molecule has 2 heterocycles. The highest BCUT2D eigenvalue weighted by molar-refractivity contribution is 5.97. The quantitative estimate of drug-likeness (QED) is 0.246. The van der Waals surface area contributed by atoms with Crippen molar-refractivity contribution in [3.63, 3.8) is 0 Å². The molecule has 7 nitrogen and oxygen atoms in total. The highest BCUT2D eigenvalue weighted by Crippen LogP contribution is 2.35. The second-order valence-corrected chi connectivity index (χ2v) is 7.85. The Morgan fingerprint density at radius 3 is 2.67 bits per heavy atom. The van der Waals surface area contributed by atoms with Gasteiger partial charge in [-0.3, -0.25) is 0 Å². The van der Waals surface area contributed by atoms with Crippen LogP contribution in [0.4, 0.5) is 4.79 Å². The number of rotatable bonds is 7. The minimum atomic E-state index is -1.35. The molecule has 0 saturated carbocycles. The smallest absolute Gasteiger partial charge is 0.493 e. The van der Waals surface area contributed by atoms with E-state index in [-0.39, 0.29) is 5.88 Å². The Morgan fingerprint density at radius 1 is 1.06 bits per heavy atom. The van der Waals surface area contributed by atoms with Crippen molar-refractivity contribution >= 4 is 27.8 Å². The Kier molecular flexibility index (Phi) is 5.44. The third-order valence-electron chi connectivity index (χ3n) is 5.76. The molecule has 0 aliphatic heterocycles. The maximum Gasteiger partial charge on any atom is 0.512 e. The van der Waals surface area contributed by atoms with Gasteiger partial charge in [-0.05, 0) is 24.3 Å². The van der Waals surface area contributed by atoms with E-state index < -0.39 is 6.16 Å². The minimum Gasteiger partial charge on any atom is -0.493 e. The number of ether oxygens (including phenoxy) is 2. The molecule has 0 saturated heterocycles. The summed E-state index contributed by atoms with van der Waals surface area (Å²) in [6.45, 7) is 0.495. The zero-order chi connectivity index (χ0) is 22.8. The van der Waals surface area contributed by atoms with Gasteiger partial charge in [0, 0.05) is 28.9 Å². The van der Waals surface area contributed by atoms with Gasteiger partial charge in [0.15, 0.2) is 0 Å². The number of carbonyl (C=O) groups is 1. The lowest BCUT2D eigenvalue weighted by atomic mass is 10.0. The average molecular weight is 441 g/mol. The molecule has 0 amide bonds. The van der Waals surface area contributed by atoms with Gasteiger partial charge < -0.3 is 24.1 Å². The number of hydrogen-bond donors (Lipinski definition) is 2. The van der Waals surface area contributed by atoms with Crippen LogP contribution in [0.2, 0.25) is 0 Å². The fraction of sp³-hybridized carbons (Fsp3) is 0.154. The highest BCUT2D eigenvalue weighted by atomic mass is 16.7. The molecule has 33 heavy (non-hydrogen) atoms. The predicted molar refractivity (Wildman–Crippen MR) is 127 cm³/mol. The molecule has 7 heteroatoms. The fourth-order valence-corrected chi connectivity index (χ4v) is 4.26. The number of aryl methyl sites for hydroxylation is 2. The van der Waals surface area contributed by atoms with E-state index in [4.69, 9.17) is 9.47 Å². The molecule has 5 aromatic rings. The number of aromatic nitrogens is 3. The molecule has 2 aromatic heterocycles. The molecular formula is C26H23N3O4. The van der Waals surface area contributed by atoms with E-state index in [1.807, 2.05) is 60.1 Å². The number of imidazole rings is 1. The summed E-state index contributed by atoms with van der Waals surface area (Å²) < 4.78 is 13.1. The van der Waals surface area contributed by atoms with Gasteiger partial charge in [0.25, 0.3) is 0 Å². The number of hydrogen-bond acceptors (Lipinski definition) is 4. The summed E-state index contributed by atoms with van der Waals surface area (Å²) in [5.41, 5.74) is 3.50. The lowest BCUT2D eigenvalue weighted by molar-refractivity contribution is 0.142. The summed E-state index contributed by atoms with van der Waals surface area (Å²) in [4.78, 5) is 18.7. The second-order valence-electron chi connectivity index (χ2n) is 7.85. The average Bonchev–Trinajstić information content (AvgIpc) is 3.39. The monoisotopic (exact) mass is 441 g/mol. The molecule has 0 radical (unpaired) electrons. The number of nitrogens with one attached hydrogen (secondary N) is 1. The van der Waals surface area contributed by atoms with Crippen LogP contribution >= 0.6 is 0 Å². The first-order chi connectivity index (χ1) is 16.1. The Bertz CT molecular complexity index is 1450. The zero-order valence-electron chi connectivity index (χ0n) is 18.1. The van der Waals surface area contributed by atoms with Gasteiger partial charge in [-0.15, -0.1) is 0 Å². The highest BCUT2D eigenvalue weighted by Gasteiger charge is 2.19. The number of aromatic amines is 1. The lowest BCUT2D eigenvalue weighted by Gasteiger charge is -2.10. The van der Waals surface area contributed by atoms with Gasteiger partial charge in [0.05, 0.1) is 30.3 Å². The van der Waals surface area contributed by atoms with Crippen LogP contribution in [0.5, 0.6) is 11.6 Å². The summed E-state index contributed by atoms with van der Waals surface area (Å²) in [6, 6.07) is 20.0. The molecular weight excluding hydrogens is 418 g/mol. The maximum atomic E-state index is 11.3. The van der Waals surface area contributed by atoms with Crippen molar-refractivity contribution in [1.82, 2.24) is 14.5 Å². The first-order valence-electron chi connectivity index (χ1n) is 10.7. The van der Waals surface area contributed by atoms with Crippen molar-refractivity contribution in [3.05, 3.63) is 78.8 Å². The number of fused-ring (bicyclic) bond motifs is 2. The molecule has 0 bridgehead atoms. The van der Waals surface area contributed by atoms with Gasteiger partial charge in [0.2, 0.25) is 5.88 Å². The third kappa shape index (κ3) is 4.01. The van der Waals surface area contributed by atoms with Gasteiger partial charge >= 0.3 is 6.16 Å². The fourth-order valence-electron chi connectivity index (χ4n) is 4.26. The number of H-pyrrole nitrogens is 1. The SMILES string of the molecule is Cn1cncc1-c1cccc2c(CCCOc3cccc4ccccc34)c(OC(=O)O)[nH]c12. The van der Waals surface area contributed by atoms with Crippen LogP contribution < -0.4 is 9.47 Å². The molecule has 166 valence electrons. The number of benzene rings is 3. The van der Waals surface area contributed by atoms with Crippen LogP contribution in [0.15, 0.2) is 73.2 Å². The molecule has 5 rings (SSSR count). The van der Waals surface area contributed by atoms with Crippen LogP contribution in [0, 0.1) is 0 Å². The minimum absolute atomic E-state index is 0.247. The van der Waals surface area contributed by atoms with Crippen molar-refractivity contribution in [3.8, 4) is 22.9 Å². The van der Waals surface area contributed by atoms with Gasteiger partial charge in [-0.1, -0.05) is 54.6 Å². The van der Waals surface area contributed by atoms with Crippen LogP contribution in [0.3, 0.4) is 0 Å². The molecule has 0 aliphatic carbocycles. The first-order valence-corrected chi connectivity index (χ1v) is 10.7. The molecule has 0 aliphatic rings. The van der Waals surface area contributed by atoms with Crippen LogP contribution in [-0.4, -0.2) is 32.4 Å². The van der Waals surface area contributed by atoms with Crippen LogP contribution in [0.1, 0.15) is 12.0 Å². The van der Waals surface area contributed by atoms with E-state index >= 15 is 0 Å². The van der Waals surface area contributed by atoms with E-state index in [0.29, 0.717) is 19.4 Å². The standard InChI is InChI=1S/C26H23N3O4/c1-29-16-27-15-22(29)21-11-5-10-19-20(25(28-24(19)21)33-26(30)31)12-6-14-32-23-13-4-8-17-7-2-3-9-18(17)23/h2-5,7-11,13,15-16,28H,6,12,14H2,1H3,(H,30,31). The number of para-hydroxylation sites is 1. The molecule has 3 aromatic carbocycles. The topological polar surface area (TPSA) is 89.4 Å². The zero-order valence-corrected chi connectivity index (χ0v) is 18.1. The Hall–Kier alpha value is -4.26. The van der Waals surface area contributed by atoms with E-state index in [2.05, 4.69) is 22.1 Å². The summed E-state index contributed by atoms with van der Waals surface area (Å²) in [6.07, 6.45) is 3.46. The summed E-state index contributed by atoms with van der Waals surface area (Å²) in [5, 5.41) is 12.4. The third-order valence-corrected chi connectivity index (χ3v) is 5.76. The van der Waals surface area contributed by atoms with Crippen molar-refractivity contribution < 1.29 is 19.4 Å². The van der Waals surface area contributed by atoms with Crippen LogP contribution in [0.25, 0.3) is 32.9 Å². The Labute approximate surface area is 190 Å². The predicted octanol–water partition coefficient (Wildman–Crippen LogP) is 5.79. The Morgan fingerprint density at radius 2 is 1.85 bits per heavy atom. The van der Waals surface area contributed by atoms with Crippen LogP contribution in [-0.2, 0) is 13.5 Å². The van der Waals surface area contributed by atoms with Gasteiger partial charge in [-0.25, -0.2) is 9.78 Å². The largest absolute Gasteiger partial charge is 0.512 e. The maximum absolute atomic E-state index is 11.3. The van der Waals surface area contributed by atoms with Crippen molar-refractivity contribution in [2.24, 2.45) is 7.05 Å². The van der Waals surface area contributed by atoms with Crippen molar-refractivity contribution in [1.29, 1.82) is 0 Å². The summed E-state index contributed by atoms with van der Waals surface area (Å²) in [5.74, 6) is 1.09. The normalized spacial score (nSPS) is 11.2. The summed E-state index contributed by atoms with van der Waals surface area (Å²) >= 11 is 0. The first kappa shape index (κ1) is 20.6. The van der Waals surface area contributed by atoms with E-state index in [0.717, 1.165) is 44.2 Å². The van der Waals surface area contributed by atoms with E-state index in [1.54, 1.807) is 12.5 Å². The molecule has 0 unspecified atom stereocenters. The number of carboxylic acid groups (broad SMARTS) is 1. The molecule has 0 fully saturated rings. The molecule has 0 atom stereocenters. The molecule has 0 spiro atoms.